The molecular weight excluding hydrogens is 577 g/mol. The van der Waals surface area contributed by atoms with Gasteiger partial charge in [-0.2, -0.15) is 0 Å². The van der Waals surface area contributed by atoms with Crippen molar-refractivity contribution in [2.24, 2.45) is 5.92 Å². The lowest BCUT2D eigenvalue weighted by molar-refractivity contribution is 0.0458. The summed E-state index contributed by atoms with van der Waals surface area (Å²) >= 11 is 0. The highest BCUT2D eigenvalue weighted by atomic mass is 28.4. The summed E-state index contributed by atoms with van der Waals surface area (Å²) in [5, 5.41) is -0.111. The van der Waals surface area contributed by atoms with Crippen LogP contribution in [0.1, 0.15) is 85.5 Å². The Morgan fingerprint density at radius 2 is 1.60 bits per heavy atom. The maximum atomic E-state index is 14.4. The molecule has 2 amide bonds. The molecule has 1 unspecified atom stereocenters. The highest BCUT2D eigenvalue weighted by molar-refractivity contribution is 6.78. The second-order valence-corrected chi connectivity index (χ2v) is 25.2. The molecule has 1 saturated carbocycles. The molecule has 2 aliphatic heterocycles. The molecule has 1 saturated heterocycles. The largest absolute Gasteiger partial charge is 0.540 e. The van der Waals surface area contributed by atoms with Crippen molar-refractivity contribution >= 4 is 34.3 Å². The molecule has 4 rings (SSSR count). The van der Waals surface area contributed by atoms with Crippen molar-refractivity contribution in [3.63, 3.8) is 0 Å². The minimum atomic E-state index is -2.42. The second-order valence-electron chi connectivity index (χ2n) is 15.0. The van der Waals surface area contributed by atoms with E-state index in [0.29, 0.717) is 45.3 Å². The van der Waals surface area contributed by atoms with Crippen molar-refractivity contribution in [1.29, 1.82) is 0 Å². The maximum absolute atomic E-state index is 14.4. The lowest BCUT2D eigenvalue weighted by atomic mass is 10.1. The Bertz CT molecular complexity index is 1220. The lowest BCUT2D eigenvalue weighted by Crippen LogP contribution is -2.58. The van der Waals surface area contributed by atoms with Crippen molar-refractivity contribution in [3.8, 4) is 11.5 Å². The van der Waals surface area contributed by atoms with Gasteiger partial charge in [-0.1, -0.05) is 75.0 Å². The van der Waals surface area contributed by atoms with Crippen molar-refractivity contribution in [2.75, 3.05) is 18.6 Å². The first-order valence-corrected chi connectivity index (χ1v) is 21.0. The van der Waals surface area contributed by atoms with Crippen LogP contribution in [0, 0.1) is 5.92 Å². The molecule has 1 aromatic carbocycles. The van der Waals surface area contributed by atoms with E-state index in [1.54, 1.807) is 24.2 Å². The quantitative estimate of drug-likeness (QED) is 0.191. The molecule has 0 spiro atoms. The Hall–Kier alpha value is -2.31. The van der Waals surface area contributed by atoms with Crippen LogP contribution in [0.2, 0.25) is 34.8 Å². The molecule has 10 heteroatoms. The number of carbonyl (C=O) groups excluding carboxylic acids is 2. The third-order valence-corrected chi connectivity index (χ3v) is 20.9. The monoisotopic (exact) mass is 630 g/mol. The van der Waals surface area contributed by atoms with Crippen LogP contribution >= 0.6 is 0 Å². The van der Waals surface area contributed by atoms with Gasteiger partial charge in [0.25, 0.3) is 14.2 Å². The lowest BCUT2D eigenvalue weighted by Gasteiger charge is -2.45. The number of hydrogen-bond donors (Lipinski definition) is 0. The number of piperidine rings is 1. The van der Waals surface area contributed by atoms with Gasteiger partial charge in [0.2, 0.25) is 0 Å². The molecule has 0 aromatic heterocycles. The number of nitrogens with zero attached hydrogens (tertiary/aromatic N) is 2. The van der Waals surface area contributed by atoms with E-state index in [1.807, 2.05) is 11.0 Å². The van der Waals surface area contributed by atoms with Gasteiger partial charge in [-0.15, -0.1) is 0 Å². The Balaban J connectivity index is 1.97. The fourth-order valence-electron chi connectivity index (χ4n) is 7.21. The minimum absolute atomic E-state index is 0.0502. The number of amides is 2. The summed E-state index contributed by atoms with van der Waals surface area (Å²) < 4.78 is 25.9. The van der Waals surface area contributed by atoms with Gasteiger partial charge in [0.1, 0.15) is 12.4 Å². The molecule has 2 fully saturated rings. The van der Waals surface area contributed by atoms with Crippen LogP contribution in [0.3, 0.4) is 0 Å². The average molecular weight is 631 g/mol. The van der Waals surface area contributed by atoms with Crippen molar-refractivity contribution < 1.29 is 27.9 Å². The predicted molar refractivity (Wildman–Crippen MR) is 177 cm³/mol. The summed E-state index contributed by atoms with van der Waals surface area (Å²) in [5.74, 6) is 1.37. The molecule has 43 heavy (non-hydrogen) atoms. The van der Waals surface area contributed by atoms with E-state index in [2.05, 4.69) is 82.0 Å². The number of benzene rings is 1. The zero-order chi connectivity index (χ0) is 32.2. The van der Waals surface area contributed by atoms with E-state index in [-0.39, 0.29) is 29.6 Å². The van der Waals surface area contributed by atoms with Gasteiger partial charge in [0, 0.05) is 12.1 Å². The van der Waals surface area contributed by atoms with E-state index in [4.69, 9.17) is 18.3 Å². The van der Waals surface area contributed by atoms with Crippen molar-refractivity contribution in [2.45, 2.75) is 128 Å². The van der Waals surface area contributed by atoms with Crippen LogP contribution in [0.15, 0.2) is 24.8 Å². The van der Waals surface area contributed by atoms with Gasteiger partial charge < -0.3 is 23.2 Å². The molecular formula is C33H54N2O6Si2. The Labute approximate surface area is 261 Å². The van der Waals surface area contributed by atoms with E-state index >= 15 is 0 Å². The van der Waals surface area contributed by atoms with E-state index < -0.39 is 29.0 Å². The van der Waals surface area contributed by atoms with Crippen LogP contribution in [-0.2, 0) is 9.16 Å². The van der Waals surface area contributed by atoms with Crippen LogP contribution < -0.4 is 14.1 Å². The zero-order valence-corrected chi connectivity index (χ0v) is 30.4. The first kappa shape index (κ1) is 33.6. The smallest absolute Gasteiger partial charge is 0.416 e. The number of ether oxygens (including phenoxy) is 2. The number of anilines is 1. The summed E-state index contributed by atoms with van der Waals surface area (Å²) in [6, 6.07) is 3.48. The summed E-state index contributed by atoms with van der Waals surface area (Å²) in [6.45, 7) is 28.1. The van der Waals surface area contributed by atoms with Gasteiger partial charge in [-0.3, -0.25) is 4.79 Å². The molecule has 240 valence electrons. The zero-order valence-electron chi connectivity index (χ0n) is 28.4. The molecule has 3 aliphatic rings. The minimum Gasteiger partial charge on any atom is -0.540 e. The second kappa shape index (κ2) is 11.9. The molecule has 0 radical (unpaired) electrons. The Morgan fingerprint density at radius 1 is 1.02 bits per heavy atom. The van der Waals surface area contributed by atoms with Crippen LogP contribution in [0.5, 0.6) is 11.5 Å². The number of hydrogen-bond acceptors (Lipinski definition) is 6. The predicted octanol–water partition coefficient (Wildman–Crippen LogP) is 8.34. The van der Waals surface area contributed by atoms with Gasteiger partial charge in [0.15, 0.2) is 20.3 Å². The molecule has 8 nitrogen and oxygen atoms in total. The first-order valence-electron chi connectivity index (χ1n) is 15.9. The number of rotatable bonds is 10. The standard InChI is InChI=1S/C33H54N2O6Si2/c1-14-15-39-32(37)35-26-19-29(40-43(20(2)3,21(4)5)22(6)7)28(38-11)18-24(26)30(36)34-25-16-23(25)17-27(34)31(35)41-42(12,13)33(8,9)10/h14,18-23,25,27,31H,1,15-17H2,2-13H3/t23-,25-,27-,31?/m0/s1. The van der Waals surface area contributed by atoms with Crippen LogP contribution in [-0.4, -0.2) is 65.6 Å². The molecule has 4 atom stereocenters. The molecule has 0 bridgehead atoms. The van der Waals surface area contributed by atoms with Gasteiger partial charge in [-0.05, 0) is 59.6 Å². The highest BCUT2D eigenvalue weighted by Gasteiger charge is 2.61. The SMILES string of the molecule is C=CCOC(=O)N1c2cc(O[Si](C(C)C)(C(C)C)C(C)C)c(OC)cc2C(=O)N2[C@@H](C[C@@H]3C[C@@H]32)C1O[Si](C)(C)C(C)(C)C. The normalized spacial score (nSPS) is 23.7. The summed E-state index contributed by atoms with van der Waals surface area (Å²) in [6.07, 6.45) is 2.07. The average Bonchev–Trinajstić information content (AvgIpc) is 3.58. The van der Waals surface area contributed by atoms with Crippen molar-refractivity contribution in [1.82, 2.24) is 4.90 Å². The highest BCUT2D eigenvalue weighted by Crippen LogP contribution is 2.54. The van der Waals surface area contributed by atoms with E-state index in [1.165, 1.54) is 0 Å². The summed E-state index contributed by atoms with van der Waals surface area (Å²) in [4.78, 5) is 32.1. The third-order valence-electron chi connectivity index (χ3n) is 10.5. The summed E-state index contributed by atoms with van der Waals surface area (Å²) in [5.41, 5.74) is 1.81. The number of carbonyl (C=O) groups is 2. The first-order chi connectivity index (χ1) is 19.9. The third kappa shape index (κ3) is 5.79. The van der Waals surface area contributed by atoms with Crippen LogP contribution in [0.25, 0.3) is 0 Å². The maximum Gasteiger partial charge on any atom is 0.416 e. The van der Waals surface area contributed by atoms with E-state index in [9.17, 15) is 9.59 Å². The Kier molecular flexibility index (Phi) is 9.29. The van der Waals surface area contributed by atoms with Gasteiger partial charge in [0.05, 0.1) is 24.4 Å². The van der Waals surface area contributed by atoms with Crippen LogP contribution in [0.4, 0.5) is 10.5 Å². The number of methoxy groups -OCH3 is 1. The van der Waals surface area contributed by atoms with E-state index in [0.717, 1.165) is 12.8 Å². The summed E-state index contributed by atoms with van der Waals surface area (Å²) in [7, 11) is -3.23. The van der Waals surface area contributed by atoms with Gasteiger partial charge >= 0.3 is 6.09 Å². The fraction of sp³-hybridized carbons (Fsp3) is 0.697. The topological polar surface area (TPSA) is 77.5 Å². The van der Waals surface area contributed by atoms with Crippen molar-refractivity contribution in [3.05, 3.63) is 30.4 Å². The molecule has 1 aliphatic carbocycles. The van der Waals surface area contributed by atoms with Gasteiger partial charge in [-0.25, -0.2) is 9.69 Å². The molecule has 2 heterocycles. The molecule has 1 aromatic rings. The molecule has 0 N–H and O–H groups in total. The Morgan fingerprint density at radius 3 is 2.12 bits per heavy atom. The fourth-order valence-corrected chi connectivity index (χ4v) is 13.7. The number of fused-ring (bicyclic) bond motifs is 4.